The van der Waals surface area contributed by atoms with Crippen molar-refractivity contribution in [2.24, 2.45) is 0 Å². The first-order chi connectivity index (χ1) is 35.2. The molecule has 0 spiro atoms. The van der Waals surface area contributed by atoms with Gasteiger partial charge in [-0.05, 0) is 149 Å². The zero-order chi connectivity index (χ0) is 56.2. The smallest absolute Gasteiger partial charge is 0.294 e. The van der Waals surface area contributed by atoms with Crippen LogP contribution in [0, 0.1) is 0 Å². The van der Waals surface area contributed by atoms with Gasteiger partial charge in [0.15, 0.2) is 5.71 Å². The van der Waals surface area contributed by atoms with Gasteiger partial charge in [-0.2, -0.15) is 38.2 Å². The molecule has 0 fully saturated rings. The second-order valence-electron chi connectivity index (χ2n) is 21.5. The SMILES string of the molecule is CC(C)(CO)NC(=O)CCCCC[N+]1=C(C=CC2=C(Cl)C(=CC=C3N(CCCS(=O)(=O)O)c4ccc(N(CCCS(=O)(=O)O)CCCS(=O)(=O)O)cc4C3(C)C)CCC2)C(C)(C)c2c1ccc1cc(S(=O)(=O)O)ccc21. The van der Waals surface area contributed by atoms with Crippen molar-refractivity contribution in [2.45, 2.75) is 127 Å². The lowest BCUT2D eigenvalue weighted by Crippen LogP contribution is -2.46. The van der Waals surface area contributed by atoms with E-state index >= 15 is 0 Å². The lowest BCUT2D eigenvalue weighted by Gasteiger charge is -2.27. The van der Waals surface area contributed by atoms with Crippen LogP contribution in [0.15, 0.2) is 99.6 Å². The number of nitrogens with zero attached hydrogens (tertiary/aromatic N) is 3. The van der Waals surface area contributed by atoms with Crippen molar-refractivity contribution in [3.63, 3.8) is 0 Å². The monoisotopic (exact) mass is 1150 g/mol. The molecule has 3 aromatic carbocycles. The molecule has 76 heavy (non-hydrogen) atoms. The minimum atomic E-state index is -4.45. The highest BCUT2D eigenvalue weighted by molar-refractivity contribution is 7.86. The van der Waals surface area contributed by atoms with Crippen molar-refractivity contribution >= 4 is 91.5 Å². The fraction of sp³-hybridized carbons (Fsp3) is 0.509. The number of fused-ring (bicyclic) bond motifs is 4. The van der Waals surface area contributed by atoms with Crippen LogP contribution in [-0.2, 0) is 56.1 Å². The quantitative estimate of drug-likeness (QED) is 0.0264. The number of unbranched alkanes of at least 4 members (excludes halogenated alkanes) is 2. The average Bonchev–Trinajstić information content (AvgIpc) is 3.65. The first-order valence-electron chi connectivity index (χ1n) is 25.3. The van der Waals surface area contributed by atoms with Gasteiger partial charge in [-0.1, -0.05) is 43.7 Å². The lowest BCUT2D eigenvalue weighted by molar-refractivity contribution is -0.438. The molecule has 0 radical (unpaired) electrons. The van der Waals surface area contributed by atoms with Crippen LogP contribution < -0.4 is 15.1 Å². The van der Waals surface area contributed by atoms with Crippen molar-refractivity contribution in [3.8, 4) is 0 Å². The number of aliphatic hydroxyl groups is 1. The van der Waals surface area contributed by atoms with Crippen LogP contribution in [0.4, 0.5) is 17.1 Å². The van der Waals surface area contributed by atoms with Crippen LogP contribution in [0.2, 0.25) is 0 Å². The zero-order valence-corrected chi connectivity index (χ0v) is 47.9. The van der Waals surface area contributed by atoms with Crippen molar-refractivity contribution in [3.05, 3.63) is 106 Å². The van der Waals surface area contributed by atoms with Gasteiger partial charge < -0.3 is 20.2 Å². The molecule has 1 aliphatic carbocycles. The van der Waals surface area contributed by atoms with Gasteiger partial charge in [0.05, 0.1) is 39.7 Å². The van der Waals surface area contributed by atoms with Gasteiger partial charge in [-0.25, -0.2) is 0 Å². The fourth-order valence-electron chi connectivity index (χ4n) is 10.5. The molecule has 2 aliphatic heterocycles. The summed E-state index contributed by atoms with van der Waals surface area (Å²) < 4.78 is 135. The minimum Gasteiger partial charge on any atom is -0.394 e. The third kappa shape index (κ3) is 15.4. The standard InChI is InChI=1S/C53H71ClN4O14S4/c1-51(2,36-59)55-48(60)16-8-7-9-29-58-45-23-17-39-34-41(76(70,71)72)21-22-42(39)49(45)53(5,6)47(58)26-19-38-15-10-14-37(50(38)54)18-25-46-52(3,4)43-35-40(20-24-44(43)57(46)30-13-33-75(67,68)69)56(27-11-31-73(61,62)63)28-12-32-74(64,65)66/h17-26,34-35,59H,7-16,27-33,36H2,1-6H3,(H4-,55,60,61,62,63,64,65,66,67,68,69,70,71,72)/p+1. The molecule has 3 aromatic rings. The number of allylic oxidation sites excluding steroid dienone is 8. The molecule has 18 nitrogen and oxygen atoms in total. The molecular weight excluding hydrogens is 1080 g/mol. The molecule has 2 heterocycles. The molecule has 0 saturated carbocycles. The van der Waals surface area contributed by atoms with Crippen LogP contribution in [0.3, 0.4) is 0 Å². The number of halogens is 1. The second-order valence-corrected chi connectivity index (χ2v) is 28.0. The Labute approximate surface area is 453 Å². The summed E-state index contributed by atoms with van der Waals surface area (Å²) >= 11 is 7.34. The van der Waals surface area contributed by atoms with E-state index in [0.29, 0.717) is 48.3 Å². The number of hydrogen-bond donors (Lipinski definition) is 6. The summed E-state index contributed by atoms with van der Waals surface area (Å²) in [7, 11) is -17.3. The van der Waals surface area contributed by atoms with Crippen molar-refractivity contribution < 1.29 is 66.4 Å². The van der Waals surface area contributed by atoms with E-state index in [9.17, 15) is 61.8 Å². The minimum absolute atomic E-state index is 0.0367. The highest BCUT2D eigenvalue weighted by Crippen LogP contribution is 2.50. The van der Waals surface area contributed by atoms with Gasteiger partial charge in [-0.15, -0.1) is 0 Å². The number of amides is 1. The van der Waals surface area contributed by atoms with Crippen LogP contribution in [-0.4, -0.2) is 129 Å². The van der Waals surface area contributed by atoms with Gasteiger partial charge >= 0.3 is 0 Å². The van der Waals surface area contributed by atoms with Gasteiger partial charge in [-0.3, -0.25) is 23.0 Å². The summed E-state index contributed by atoms with van der Waals surface area (Å²) in [6, 6.07) is 14.0. The highest BCUT2D eigenvalue weighted by Gasteiger charge is 2.46. The maximum absolute atomic E-state index is 12.6. The van der Waals surface area contributed by atoms with Crippen LogP contribution in [0.5, 0.6) is 0 Å². The van der Waals surface area contributed by atoms with Crippen molar-refractivity contribution in [1.82, 2.24) is 5.32 Å². The number of benzene rings is 3. The Morgan fingerprint density at radius 2 is 1.42 bits per heavy atom. The van der Waals surface area contributed by atoms with Crippen LogP contribution >= 0.6 is 11.6 Å². The molecule has 6 rings (SSSR count). The Morgan fingerprint density at radius 1 is 0.776 bits per heavy atom. The third-order valence-corrected chi connectivity index (χ3v) is 18.0. The molecule has 1 amide bonds. The van der Waals surface area contributed by atoms with Crippen molar-refractivity contribution in [1.29, 1.82) is 0 Å². The molecule has 3 aliphatic rings. The Bertz CT molecular complexity index is 3310. The Morgan fingerprint density at radius 3 is 2.04 bits per heavy atom. The third-order valence-electron chi connectivity index (χ3n) is 14.3. The summed E-state index contributed by atoms with van der Waals surface area (Å²) in [5.74, 6) is -1.64. The van der Waals surface area contributed by atoms with E-state index in [4.69, 9.17) is 11.6 Å². The van der Waals surface area contributed by atoms with Crippen molar-refractivity contribution in [2.75, 3.05) is 59.8 Å². The Kier molecular flexibility index (Phi) is 19.1. The topological polar surface area (TPSA) is 276 Å². The second kappa shape index (κ2) is 23.9. The maximum Gasteiger partial charge on any atom is 0.294 e. The summed E-state index contributed by atoms with van der Waals surface area (Å²) in [6.45, 7) is 12.7. The first kappa shape index (κ1) is 60.7. The zero-order valence-electron chi connectivity index (χ0n) is 43.9. The van der Waals surface area contributed by atoms with E-state index in [2.05, 4.69) is 29.8 Å². The molecule has 6 N–H and O–H groups in total. The fourth-order valence-corrected chi connectivity index (χ4v) is 12.8. The van der Waals surface area contributed by atoms with E-state index in [1.54, 1.807) is 30.9 Å². The predicted octanol–water partition coefficient (Wildman–Crippen LogP) is 8.39. The number of hydrogen-bond acceptors (Lipinski definition) is 12. The summed E-state index contributed by atoms with van der Waals surface area (Å²) in [4.78, 5) is 16.2. The summed E-state index contributed by atoms with van der Waals surface area (Å²) in [5, 5.41) is 14.5. The average molecular weight is 1150 g/mol. The van der Waals surface area contributed by atoms with Gasteiger partial charge in [0.2, 0.25) is 11.6 Å². The van der Waals surface area contributed by atoms with Crippen LogP contribution in [0.25, 0.3) is 10.8 Å². The number of aliphatic hydroxyl groups excluding tert-OH is 1. The molecule has 418 valence electrons. The molecule has 0 bridgehead atoms. The van der Waals surface area contributed by atoms with Gasteiger partial charge in [0.25, 0.3) is 40.5 Å². The van der Waals surface area contributed by atoms with Gasteiger partial charge in [0.1, 0.15) is 6.54 Å². The predicted molar refractivity (Wildman–Crippen MR) is 299 cm³/mol. The lowest BCUT2D eigenvalue weighted by atomic mass is 9.78. The molecule has 0 unspecified atom stereocenters. The summed E-state index contributed by atoms with van der Waals surface area (Å²) in [6.07, 6.45) is 12.8. The molecule has 23 heteroatoms. The molecular formula is C53H72ClN4O14S4+. The first-order valence-corrected chi connectivity index (χ1v) is 32.0. The number of rotatable bonds is 25. The van der Waals surface area contributed by atoms with E-state index < -0.39 is 74.1 Å². The molecule has 0 aromatic heterocycles. The van der Waals surface area contributed by atoms with Crippen LogP contribution in [0.1, 0.15) is 117 Å². The number of carbonyl (C=O) groups is 1. The summed E-state index contributed by atoms with van der Waals surface area (Å²) in [5.41, 5.74) is 5.71. The number of nitrogens with one attached hydrogen (secondary N) is 1. The van der Waals surface area contributed by atoms with E-state index in [1.165, 1.54) is 12.1 Å². The normalized spacial score (nSPS) is 18.1. The van der Waals surface area contributed by atoms with E-state index in [-0.39, 0.29) is 56.3 Å². The molecule has 0 atom stereocenters. The van der Waals surface area contributed by atoms with E-state index in [0.717, 1.165) is 69.7 Å². The Balaban J connectivity index is 1.35. The number of anilines is 2. The molecule has 0 saturated heterocycles. The van der Waals surface area contributed by atoms with Gasteiger partial charge in [0, 0.05) is 77.7 Å². The number of carbonyl (C=O) groups excluding carboxylic acids is 1. The maximum atomic E-state index is 12.6. The Hall–Kier alpha value is -4.49. The highest BCUT2D eigenvalue weighted by atomic mass is 35.5. The van der Waals surface area contributed by atoms with E-state index in [1.807, 2.05) is 61.2 Å². The largest absolute Gasteiger partial charge is 0.394 e.